The maximum Gasteiger partial charge on any atom is 0.373 e. The van der Waals surface area contributed by atoms with Crippen LogP contribution < -0.4 is 0 Å². The molecule has 0 amide bonds. The van der Waals surface area contributed by atoms with Gasteiger partial charge in [0.1, 0.15) is 0 Å². The molecule has 0 heterocycles. The maximum absolute atomic E-state index is 9.53. The summed E-state index contributed by atoms with van der Waals surface area (Å²) >= 11 is 4.22. The van der Waals surface area contributed by atoms with Crippen molar-refractivity contribution >= 4 is 33.7 Å². The zero-order valence-corrected chi connectivity index (χ0v) is 4.75. The highest BCUT2D eigenvalue weighted by Crippen LogP contribution is 2.00. The van der Waals surface area contributed by atoms with E-state index in [1.54, 1.807) is 0 Å². The smallest absolute Gasteiger partial charge is 0.373 e. The minimum absolute atomic E-state index is 0.213. The number of hydrogen-bond donors (Lipinski definition) is 2. The largest absolute Gasteiger partial charge is 0.494 e. The summed E-state index contributed by atoms with van der Waals surface area (Å²) in [6, 6.07) is 0. The Balaban J connectivity index is 3.32. The fourth-order valence-electron chi connectivity index (χ4n) is 0.0747. The molecule has 0 radical (unpaired) electrons. The average molecular weight is 138 g/mol. The predicted molar refractivity (Wildman–Crippen MR) is 30.8 cm³/mol. The van der Waals surface area contributed by atoms with Gasteiger partial charge in [-0.15, -0.1) is 0 Å². The Morgan fingerprint density at radius 1 is 1.57 bits per heavy atom. The molecule has 0 spiro atoms. The highest BCUT2D eigenvalue weighted by molar-refractivity contribution is 8.32. The van der Waals surface area contributed by atoms with Gasteiger partial charge in [-0.3, -0.25) is 0 Å². The van der Waals surface area contributed by atoms with Gasteiger partial charge in [-0.05, 0) is 12.2 Å². The van der Waals surface area contributed by atoms with Crippen molar-refractivity contribution in [3.05, 3.63) is 0 Å². The van der Waals surface area contributed by atoms with Gasteiger partial charge >= 0.3 is 5.30 Å². The van der Waals surface area contributed by atoms with E-state index in [0.717, 1.165) is 0 Å². The van der Waals surface area contributed by atoms with Crippen molar-refractivity contribution in [2.24, 2.45) is 0 Å². The Morgan fingerprint density at radius 3 is 2.00 bits per heavy atom. The second-order valence-electron chi connectivity index (χ2n) is 0.634. The molecule has 0 unspecified atom stereocenters. The van der Waals surface area contributed by atoms with E-state index in [0.29, 0.717) is 0 Å². The second kappa shape index (κ2) is 2.81. The summed E-state index contributed by atoms with van der Waals surface area (Å²) in [5.41, 5.74) is 0. The van der Waals surface area contributed by atoms with Gasteiger partial charge in [0.15, 0.2) is 0 Å². The zero-order chi connectivity index (χ0) is 5.86. The highest BCUT2D eigenvalue weighted by atomic mass is 32.2. The van der Waals surface area contributed by atoms with Gasteiger partial charge in [-0.2, -0.15) is 0 Å². The number of aliphatic hydroxyl groups excluding tert-OH is 1. The number of hydrogen-bond acceptors (Lipinski definition) is 3. The molecule has 0 saturated carbocycles. The van der Waals surface area contributed by atoms with Crippen molar-refractivity contribution in [2.75, 3.05) is 0 Å². The Morgan fingerprint density at radius 2 is 2.00 bits per heavy atom. The summed E-state index contributed by atoms with van der Waals surface area (Å²) in [4.78, 5) is 9.53. The van der Waals surface area contributed by atoms with Gasteiger partial charge in [0.25, 0.3) is 0 Å². The Bertz CT molecular complexity index is 87.1. The SMILES string of the molecule is O=C(O)SC(O)=S. The van der Waals surface area contributed by atoms with Crippen LogP contribution >= 0.6 is 24.0 Å². The molecule has 0 rings (SSSR count). The monoisotopic (exact) mass is 138 g/mol. The summed E-state index contributed by atoms with van der Waals surface area (Å²) in [5.74, 6) is 0. The molecule has 0 bridgehead atoms. The van der Waals surface area contributed by atoms with Crippen LogP contribution in [0.5, 0.6) is 0 Å². The molecule has 0 aromatic rings. The molecule has 0 atom stereocenters. The van der Waals surface area contributed by atoms with E-state index in [9.17, 15) is 4.79 Å². The highest BCUT2D eigenvalue weighted by Gasteiger charge is 1.98. The summed E-state index contributed by atoms with van der Waals surface area (Å²) in [7, 11) is 0. The van der Waals surface area contributed by atoms with Crippen LogP contribution in [0.2, 0.25) is 0 Å². The molecule has 0 aliphatic heterocycles. The third-order valence-electron chi connectivity index (χ3n) is 0.175. The fourth-order valence-corrected chi connectivity index (χ4v) is 0.438. The van der Waals surface area contributed by atoms with Crippen LogP contribution in [0.1, 0.15) is 0 Å². The molecule has 0 fully saturated rings. The van der Waals surface area contributed by atoms with E-state index in [4.69, 9.17) is 10.2 Å². The van der Waals surface area contributed by atoms with Crippen LogP contribution in [0, 0.1) is 0 Å². The standard InChI is InChI=1S/C2H2O3S2/c3-1(4)7-2(5)6/h(H,3,4)(H,5,6). The molecular formula is C2H2O3S2. The van der Waals surface area contributed by atoms with Crippen LogP contribution in [0.25, 0.3) is 0 Å². The van der Waals surface area contributed by atoms with Crippen LogP contribution in [-0.2, 0) is 0 Å². The van der Waals surface area contributed by atoms with Crippen molar-refractivity contribution in [3.63, 3.8) is 0 Å². The maximum atomic E-state index is 9.53. The van der Waals surface area contributed by atoms with Gasteiger partial charge in [-0.25, -0.2) is 4.79 Å². The van der Waals surface area contributed by atoms with Gasteiger partial charge < -0.3 is 10.2 Å². The second-order valence-corrected chi connectivity index (χ2v) is 2.22. The lowest BCUT2D eigenvalue weighted by Crippen LogP contribution is -1.89. The third-order valence-corrected chi connectivity index (χ3v) is 0.774. The first-order chi connectivity index (χ1) is 3.13. The molecular weight excluding hydrogens is 136 g/mol. The van der Waals surface area contributed by atoms with E-state index in [2.05, 4.69) is 12.2 Å². The van der Waals surface area contributed by atoms with Crippen LogP contribution in [-0.4, -0.2) is 19.9 Å². The zero-order valence-electron chi connectivity index (χ0n) is 3.12. The van der Waals surface area contributed by atoms with Crippen molar-refractivity contribution in [3.8, 4) is 0 Å². The van der Waals surface area contributed by atoms with Crippen LogP contribution in [0.4, 0.5) is 4.79 Å². The molecule has 3 nitrogen and oxygen atoms in total. The molecule has 0 aromatic carbocycles. The summed E-state index contributed by atoms with van der Waals surface area (Å²) in [6.07, 6.45) is 0. The van der Waals surface area contributed by atoms with Gasteiger partial charge in [-0.1, -0.05) is 0 Å². The lowest BCUT2D eigenvalue weighted by molar-refractivity contribution is 0.222. The Hall–Kier alpha value is -0.290. The number of thiocarbonyl (C=S) groups is 1. The predicted octanol–water partition coefficient (Wildman–Crippen LogP) is 1.24. The lowest BCUT2D eigenvalue weighted by Gasteiger charge is -1.82. The average Bonchev–Trinajstić information content (AvgIpc) is 1.27. The topological polar surface area (TPSA) is 57.5 Å². The molecule has 40 valence electrons. The molecule has 5 heteroatoms. The van der Waals surface area contributed by atoms with Gasteiger partial charge in [0.2, 0.25) is 4.38 Å². The van der Waals surface area contributed by atoms with E-state index in [1.807, 2.05) is 0 Å². The molecule has 0 aliphatic rings. The molecule has 0 saturated heterocycles. The Labute approximate surface area is 49.3 Å². The number of carbonyl (C=O) groups is 1. The number of aliphatic hydroxyl groups is 1. The van der Waals surface area contributed by atoms with Gasteiger partial charge in [0.05, 0.1) is 0 Å². The third kappa shape index (κ3) is 5.71. The van der Waals surface area contributed by atoms with Crippen molar-refractivity contribution in [1.82, 2.24) is 0 Å². The number of thioether (sulfide) groups is 1. The first-order valence-electron chi connectivity index (χ1n) is 1.26. The summed E-state index contributed by atoms with van der Waals surface area (Å²) < 4.78 is -0.562. The first kappa shape index (κ1) is 6.71. The Kier molecular flexibility index (Phi) is 2.70. The van der Waals surface area contributed by atoms with Crippen molar-refractivity contribution in [1.29, 1.82) is 0 Å². The molecule has 0 aliphatic carbocycles. The first-order valence-corrected chi connectivity index (χ1v) is 2.49. The quantitative estimate of drug-likeness (QED) is 0.493. The molecule has 7 heavy (non-hydrogen) atoms. The normalized spacial score (nSPS) is 8.00. The minimum Gasteiger partial charge on any atom is -0.494 e. The van der Waals surface area contributed by atoms with Crippen LogP contribution in [0.15, 0.2) is 0 Å². The lowest BCUT2D eigenvalue weighted by atomic mass is 11.6. The van der Waals surface area contributed by atoms with E-state index < -0.39 is 9.68 Å². The summed E-state index contributed by atoms with van der Waals surface area (Å²) in [5, 5.41) is 14.6. The minimum atomic E-state index is -1.19. The van der Waals surface area contributed by atoms with Gasteiger partial charge in [0, 0.05) is 11.8 Å². The summed E-state index contributed by atoms with van der Waals surface area (Å²) in [6.45, 7) is 0. The van der Waals surface area contributed by atoms with E-state index in [-0.39, 0.29) is 11.8 Å². The van der Waals surface area contributed by atoms with E-state index in [1.165, 1.54) is 0 Å². The van der Waals surface area contributed by atoms with E-state index >= 15 is 0 Å². The fraction of sp³-hybridized carbons (Fsp3) is 0. The van der Waals surface area contributed by atoms with Crippen molar-refractivity contribution < 1.29 is 15.0 Å². The molecule has 0 aromatic heterocycles. The van der Waals surface area contributed by atoms with Crippen molar-refractivity contribution in [2.45, 2.75) is 0 Å². The molecule has 2 N–H and O–H groups in total. The number of rotatable bonds is 0. The van der Waals surface area contributed by atoms with Crippen LogP contribution in [0.3, 0.4) is 0 Å². The number of carboxylic acid groups (broad SMARTS) is 1.